The number of benzene rings is 1. The zero-order chi connectivity index (χ0) is 13.2. The summed E-state index contributed by atoms with van der Waals surface area (Å²) >= 11 is 0. The smallest absolute Gasteiger partial charge is 0.220 e. The van der Waals surface area contributed by atoms with E-state index < -0.39 is 0 Å². The van der Waals surface area contributed by atoms with E-state index in [1.165, 1.54) is 5.56 Å². The van der Waals surface area contributed by atoms with Crippen LogP contribution in [0.1, 0.15) is 25.3 Å². The Morgan fingerprint density at radius 1 is 1.39 bits per heavy atom. The van der Waals surface area contributed by atoms with E-state index in [2.05, 4.69) is 31.0 Å². The summed E-state index contributed by atoms with van der Waals surface area (Å²) < 4.78 is 5.56. The van der Waals surface area contributed by atoms with Crippen LogP contribution in [0.4, 0.5) is 0 Å². The number of aryl methyl sites for hydroxylation is 1. The summed E-state index contributed by atoms with van der Waals surface area (Å²) in [5.41, 5.74) is 1.30. The van der Waals surface area contributed by atoms with Gasteiger partial charge in [-0.1, -0.05) is 25.1 Å². The van der Waals surface area contributed by atoms with E-state index in [9.17, 15) is 4.79 Å². The first-order valence-corrected chi connectivity index (χ1v) is 6.35. The highest BCUT2D eigenvalue weighted by atomic mass is 16.5. The van der Waals surface area contributed by atoms with Crippen LogP contribution in [0, 0.1) is 0 Å². The van der Waals surface area contributed by atoms with Gasteiger partial charge in [-0.05, 0) is 30.5 Å². The van der Waals surface area contributed by atoms with Gasteiger partial charge in [0.25, 0.3) is 0 Å². The van der Waals surface area contributed by atoms with Gasteiger partial charge in [0.05, 0.1) is 6.61 Å². The third kappa shape index (κ3) is 5.53. The predicted octanol–water partition coefficient (Wildman–Crippen LogP) is 2.71. The highest BCUT2D eigenvalue weighted by Crippen LogP contribution is 2.12. The van der Waals surface area contributed by atoms with Crippen LogP contribution in [-0.4, -0.2) is 19.1 Å². The summed E-state index contributed by atoms with van der Waals surface area (Å²) in [6.07, 6.45) is 3.91. The highest BCUT2D eigenvalue weighted by Gasteiger charge is 2.00. The van der Waals surface area contributed by atoms with Crippen molar-refractivity contribution in [2.24, 2.45) is 0 Å². The molecule has 0 radical (unpaired) electrons. The summed E-state index contributed by atoms with van der Waals surface area (Å²) in [4.78, 5) is 11.3. The molecule has 1 rings (SSSR count). The Bertz CT molecular complexity index is 371. The van der Waals surface area contributed by atoms with Crippen molar-refractivity contribution in [3.8, 4) is 5.75 Å². The van der Waals surface area contributed by atoms with Gasteiger partial charge in [-0.25, -0.2) is 0 Å². The first kappa shape index (κ1) is 14.3. The topological polar surface area (TPSA) is 38.3 Å². The maximum Gasteiger partial charge on any atom is 0.220 e. The van der Waals surface area contributed by atoms with Crippen molar-refractivity contribution in [1.29, 1.82) is 0 Å². The number of rotatable bonds is 8. The van der Waals surface area contributed by atoms with Crippen molar-refractivity contribution < 1.29 is 9.53 Å². The van der Waals surface area contributed by atoms with E-state index in [1.54, 1.807) is 6.08 Å². The lowest BCUT2D eigenvalue weighted by molar-refractivity contribution is -0.121. The summed E-state index contributed by atoms with van der Waals surface area (Å²) in [7, 11) is 0. The van der Waals surface area contributed by atoms with Crippen molar-refractivity contribution in [1.82, 2.24) is 5.32 Å². The molecule has 0 unspecified atom stereocenters. The van der Waals surface area contributed by atoms with E-state index in [-0.39, 0.29) is 5.91 Å². The van der Waals surface area contributed by atoms with Gasteiger partial charge >= 0.3 is 0 Å². The van der Waals surface area contributed by atoms with E-state index in [0.717, 1.165) is 18.6 Å². The van der Waals surface area contributed by atoms with E-state index >= 15 is 0 Å². The molecule has 0 aliphatic rings. The fourth-order valence-corrected chi connectivity index (χ4v) is 1.52. The molecule has 98 valence electrons. The zero-order valence-electron chi connectivity index (χ0n) is 10.9. The lowest BCUT2D eigenvalue weighted by Gasteiger charge is -2.06. The Labute approximate surface area is 109 Å². The molecule has 0 atom stereocenters. The Morgan fingerprint density at radius 2 is 2.11 bits per heavy atom. The number of ether oxygens (including phenoxy) is 1. The molecule has 0 aliphatic heterocycles. The molecular formula is C15H21NO2. The van der Waals surface area contributed by atoms with Gasteiger partial charge in [0.2, 0.25) is 5.91 Å². The average Bonchev–Trinajstić information content (AvgIpc) is 2.42. The van der Waals surface area contributed by atoms with Gasteiger partial charge in [-0.3, -0.25) is 4.79 Å². The molecule has 18 heavy (non-hydrogen) atoms. The molecule has 0 heterocycles. The SMILES string of the molecule is C=CCNC(=O)CCCOc1ccc(CC)cc1. The normalized spacial score (nSPS) is 9.83. The summed E-state index contributed by atoms with van der Waals surface area (Å²) in [5.74, 6) is 0.901. The van der Waals surface area contributed by atoms with Crippen LogP contribution in [0.25, 0.3) is 0 Å². The molecular weight excluding hydrogens is 226 g/mol. The third-order valence-electron chi connectivity index (χ3n) is 2.59. The number of carbonyl (C=O) groups excluding carboxylic acids is 1. The molecule has 0 aromatic heterocycles. The second kappa shape index (κ2) is 8.34. The van der Waals surface area contributed by atoms with E-state index in [1.807, 2.05) is 12.1 Å². The van der Waals surface area contributed by atoms with Crippen LogP contribution in [0.2, 0.25) is 0 Å². The summed E-state index contributed by atoms with van der Waals surface area (Å²) in [6, 6.07) is 8.06. The largest absolute Gasteiger partial charge is 0.494 e. The van der Waals surface area contributed by atoms with Crippen molar-refractivity contribution in [3.05, 3.63) is 42.5 Å². The van der Waals surface area contributed by atoms with Crippen LogP contribution < -0.4 is 10.1 Å². The van der Waals surface area contributed by atoms with Crippen LogP contribution in [-0.2, 0) is 11.2 Å². The molecule has 1 aromatic carbocycles. The molecule has 3 heteroatoms. The van der Waals surface area contributed by atoms with Crippen molar-refractivity contribution >= 4 is 5.91 Å². The molecule has 0 spiro atoms. The number of hydrogen-bond acceptors (Lipinski definition) is 2. The monoisotopic (exact) mass is 247 g/mol. The maximum absolute atomic E-state index is 11.3. The van der Waals surface area contributed by atoms with Crippen LogP contribution >= 0.6 is 0 Å². The van der Waals surface area contributed by atoms with Gasteiger partial charge in [-0.2, -0.15) is 0 Å². The van der Waals surface area contributed by atoms with Crippen LogP contribution in [0.5, 0.6) is 5.75 Å². The first-order chi connectivity index (χ1) is 8.76. The van der Waals surface area contributed by atoms with E-state index in [4.69, 9.17) is 4.74 Å². The molecule has 0 bridgehead atoms. The zero-order valence-corrected chi connectivity index (χ0v) is 10.9. The molecule has 0 saturated carbocycles. The van der Waals surface area contributed by atoms with Crippen molar-refractivity contribution in [2.75, 3.05) is 13.2 Å². The number of carbonyl (C=O) groups is 1. The summed E-state index contributed by atoms with van der Waals surface area (Å²) in [6.45, 7) is 6.75. The molecule has 1 aromatic rings. The van der Waals surface area contributed by atoms with Gasteiger partial charge in [0.1, 0.15) is 5.75 Å². The lowest BCUT2D eigenvalue weighted by Crippen LogP contribution is -2.23. The van der Waals surface area contributed by atoms with E-state index in [0.29, 0.717) is 19.6 Å². The first-order valence-electron chi connectivity index (χ1n) is 6.35. The maximum atomic E-state index is 11.3. The molecule has 1 amide bonds. The number of amides is 1. The number of nitrogens with one attached hydrogen (secondary N) is 1. The average molecular weight is 247 g/mol. The highest BCUT2D eigenvalue weighted by molar-refractivity contribution is 5.75. The third-order valence-corrected chi connectivity index (χ3v) is 2.59. The fraction of sp³-hybridized carbons (Fsp3) is 0.400. The van der Waals surface area contributed by atoms with Crippen LogP contribution in [0.15, 0.2) is 36.9 Å². The molecule has 0 saturated heterocycles. The lowest BCUT2D eigenvalue weighted by atomic mass is 10.2. The Morgan fingerprint density at radius 3 is 2.72 bits per heavy atom. The van der Waals surface area contributed by atoms with Gasteiger partial charge in [0.15, 0.2) is 0 Å². The van der Waals surface area contributed by atoms with Crippen molar-refractivity contribution in [3.63, 3.8) is 0 Å². The number of hydrogen-bond donors (Lipinski definition) is 1. The molecule has 1 N–H and O–H groups in total. The minimum absolute atomic E-state index is 0.0415. The second-order valence-electron chi connectivity index (χ2n) is 4.04. The van der Waals surface area contributed by atoms with Crippen LogP contribution in [0.3, 0.4) is 0 Å². The molecule has 0 fully saturated rings. The minimum Gasteiger partial charge on any atom is -0.494 e. The second-order valence-corrected chi connectivity index (χ2v) is 4.04. The summed E-state index contributed by atoms with van der Waals surface area (Å²) in [5, 5.41) is 2.73. The van der Waals surface area contributed by atoms with Crippen molar-refractivity contribution in [2.45, 2.75) is 26.2 Å². The van der Waals surface area contributed by atoms with Gasteiger partial charge in [-0.15, -0.1) is 6.58 Å². The van der Waals surface area contributed by atoms with Gasteiger partial charge < -0.3 is 10.1 Å². The Hall–Kier alpha value is -1.77. The standard InChI is InChI=1S/C15H21NO2/c1-3-11-16-15(17)6-5-12-18-14-9-7-13(4-2)8-10-14/h3,7-10H,1,4-6,11-12H2,2H3,(H,16,17). The Kier molecular flexibility index (Phi) is 6.62. The molecule has 3 nitrogen and oxygen atoms in total. The molecule has 0 aliphatic carbocycles. The minimum atomic E-state index is 0.0415. The predicted molar refractivity (Wildman–Crippen MR) is 73.8 cm³/mol. The fourth-order valence-electron chi connectivity index (χ4n) is 1.52. The quantitative estimate of drug-likeness (QED) is 0.566. The Balaban J connectivity index is 2.17. The van der Waals surface area contributed by atoms with Gasteiger partial charge in [0, 0.05) is 13.0 Å².